The van der Waals surface area contributed by atoms with Crippen LogP contribution in [-0.4, -0.2) is 26.0 Å². The second-order valence-corrected chi connectivity index (χ2v) is 8.02. The van der Waals surface area contributed by atoms with Gasteiger partial charge in [-0.1, -0.05) is 67.6 Å². The van der Waals surface area contributed by atoms with E-state index in [2.05, 4.69) is 22.4 Å². The van der Waals surface area contributed by atoms with Crippen molar-refractivity contribution in [3.63, 3.8) is 0 Å². The Hall–Kier alpha value is -2.87. The zero-order valence-electron chi connectivity index (χ0n) is 16.4. The maximum atomic E-state index is 13.5. The Morgan fingerprint density at radius 2 is 1.97 bits per heavy atom. The molecule has 152 valence electrons. The van der Waals surface area contributed by atoms with Crippen molar-refractivity contribution in [3.05, 3.63) is 66.0 Å². The molecule has 1 amide bonds. The van der Waals surface area contributed by atoms with Crippen molar-refractivity contribution in [2.45, 2.75) is 43.1 Å². The molecule has 0 aliphatic rings. The summed E-state index contributed by atoms with van der Waals surface area (Å²) in [5.41, 5.74) is 1.60. The fourth-order valence-electron chi connectivity index (χ4n) is 2.98. The average molecular weight is 414 g/mol. The van der Waals surface area contributed by atoms with E-state index < -0.39 is 5.25 Å². The summed E-state index contributed by atoms with van der Waals surface area (Å²) in [5.74, 6) is 5.95. The van der Waals surface area contributed by atoms with Crippen molar-refractivity contribution in [1.29, 1.82) is 0 Å². The highest BCUT2D eigenvalue weighted by Gasteiger charge is 2.22. The maximum absolute atomic E-state index is 13.5. The van der Waals surface area contributed by atoms with Crippen LogP contribution in [0.15, 0.2) is 59.8 Å². The molecule has 2 atom stereocenters. The Morgan fingerprint density at radius 1 is 1.21 bits per heavy atom. The largest absolute Gasteiger partial charge is 0.348 e. The molecule has 3 aromatic rings. The number of benzene rings is 2. The quantitative estimate of drug-likeness (QED) is 0.432. The Balaban J connectivity index is 1.69. The van der Waals surface area contributed by atoms with Gasteiger partial charge >= 0.3 is 0 Å². The molecular formula is C21H24FN5OS. The fourth-order valence-corrected chi connectivity index (χ4v) is 3.76. The molecule has 2 aromatic carbocycles. The van der Waals surface area contributed by atoms with Crippen LogP contribution in [0.3, 0.4) is 0 Å². The highest BCUT2D eigenvalue weighted by atomic mass is 32.2. The van der Waals surface area contributed by atoms with Crippen molar-refractivity contribution in [2.24, 2.45) is 0 Å². The SMILES string of the molecule is CCC[C@@H](NC(=O)[C@H](C)Sc1nnc(-c2cccc(F)c2)n1N)c1ccccc1. The van der Waals surface area contributed by atoms with E-state index in [1.807, 2.05) is 30.3 Å². The first-order valence-electron chi connectivity index (χ1n) is 9.48. The number of thioether (sulfide) groups is 1. The molecule has 3 N–H and O–H groups in total. The van der Waals surface area contributed by atoms with Crippen LogP contribution in [0.4, 0.5) is 4.39 Å². The van der Waals surface area contributed by atoms with Crippen molar-refractivity contribution in [2.75, 3.05) is 5.84 Å². The minimum atomic E-state index is -0.426. The lowest BCUT2D eigenvalue weighted by Gasteiger charge is -2.20. The van der Waals surface area contributed by atoms with E-state index in [1.54, 1.807) is 19.1 Å². The number of aromatic nitrogens is 3. The van der Waals surface area contributed by atoms with Gasteiger partial charge in [0.25, 0.3) is 0 Å². The van der Waals surface area contributed by atoms with Gasteiger partial charge in [0.1, 0.15) is 5.82 Å². The first-order chi connectivity index (χ1) is 14.0. The molecule has 29 heavy (non-hydrogen) atoms. The Morgan fingerprint density at radius 3 is 2.66 bits per heavy atom. The summed E-state index contributed by atoms with van der Waals surface area (Å²) in [6, 6.07) is 15.8. The molecule has 0 aliphatic heterocycles. The van der Waals surface area contributed by atoms with Crippen molar-refractivity contribution >= 4 is 17.7 Å². The predicted octanol–water partition coefficient (Wildman–Crippen LogP) is 3.94. The third-order valence-corrected chi connectivity index (χ3v) is 5.55. The molecule has 3 rings (SSSR count). The molecule has 0 spiro atoms. The fraction of sp³-hybridized carbons (Fsp3) is 0.286. The van der Waals surface area contributed by atoms with Gasteiger partial charge in [0.15, 0.2) is 5.82 Å². The number of nitrogen functional groups attached to an aromatic ring is 1. The molecule has 0 unspecified atom stereocenters. The molecule has 0 saturated heterocycles. The van der Waals surface area contributed by atoms with Crippen LogP contribution in [0.25, 0.3) is 11.4 Å². The van der Waals surface area contributed by atoms with Crippen molar-refractivity contribution in [3.8, 4) is 11.4 Å². The molecule has 6 nitrogen and oxygen atoms in total. The van der Waals surface area contributed by atoms with Crippen molar-refractivity contribution in [1.82, 2.24) is 20.2 Å². The number of carbonyl (C=O) groups is 1. The summed E-state index contributed by atoms with van der Waals surface area (Å²) in [6.45, 7) is 3.88. The van der Waals surface area contributed by atoms with E-state index in [0.29, 0.717) is 16.5 Å². The van der Waals surface area contributed by atoms with E-state index in [1.165, 1.54) is 28.6 Å². The van der Waals surface area contributed by atoms with Gasteiger partial charge in [-0.2, -0.15) is 0 Å². The number of nitrogens with zero attached hydrogens (tertiary/aromatic N) is 3. The standard InChI is InChI=1S/C21H24FN5OS/c1-3-8-18(15-9-5-4-6-10-15)24-20(28)14(2)29-21-26-25-19(27(21)23)16-11-7-12-17(22)13-16/h4-7,9-14,18H,3,8,23H2,1-2H3,(H,24,28)/t14-,18+/m0/s1. The lowest BCUT2D eigenvalue weighted by molar-refractivity contribution is -0.121. The van der Waals surface area contributed by atoms with E-state index >= 15 is 0 Å². The Labute approximate surface area is 173 Å². The molecule has 0 saturated carbocycles. The molecule has 1 aromatic heterocycles. The Kier molecular flexibility index (Phi) is 6.87. The van der Waals surface area contributed by atoms with Gasteiger partial charge in [-0.25, -0.2) is 9.07 Å². The van der Waals surface area contributed by atoms with Gasteiger partial charge in [-0.05, 0) is 31.0 Å². The number of rotatable bonds is 8. The summed E-state index contributed by atoms with van der Waals surface area (Å²) in [5, 5.41) is 11.2. The molecule has 0 fully saturated rings. The highest BCUT2D eigenvalue weighted by molar-refractivity contribution is 8.00. The zero-order valence-corrected chi connectivity index (χ0v) is 17.2. The number of hydrogen-bond donors (Lipinski definition) is 2. The van der Waals surface area contributed by atoms with Gasteiger partial charge in [0, 0.05) is 5.56 Å². The van der Waals surface area contributed by atoms with Gasteiger partial charge in [-0.3, -0.25) is 4.79 Å². The minimum Gasteiger partial charge on any atom is -0.348 e. The van der Waals surface area contributed by atoms with Crippen LogP contribution in [0.5, 0.6) is 0 Å². The Bertz CT molecular complexity index is 963. The molecule has 8 heteroatoms. The van der Waals surface area contributed by atoms with Crippen LogP contribution in [0.1, 0.15) is 38.3 Å². The van der Waals surface area contributed by atoms with E-state index in [9.17, 15) is 9.18 Å². The van der Waals surface area contributed by atoms with E-state index in [4.69, 9.17) is 5.84 Å². The lowest BCUT2D eigenvalue weighted by Crippen LogP contribution is -2.34. The topological polar surface area (TPSA) is 85.8 Å². The first kappa shape index (κ1) is 20.9. The predicted molar refractivity (Wildman–Crippen MR) is 113 cm³/mol. The number of halogens is 1. The monoisotopic (exact) mass is 413 g/mol. The van der Waals surface area contributed by atoms with Crippen LogP contribution in [0.2, 0.25) is 0 Å². The van der Waals surface area contributed by atoms with Crippen molar-refractivity contribution < 1.29 is 9.18 Å². The average Bonchev–Trinajstić information content (AvgIpc) is 3.08. The summed E-state index contributed by atoms with van der Waals surface area (Å²) < 4.78 is 14.8. The number of amides is 1. The number of nitrogens with two attached hydrogens (primary N) is 1. The number of hydrogen-bond acceptors (Lipinski definition) is 5. The van der Waals surface area contributed by atoms with Crippen LogP contribution in [0, 0.1) is 5.82 Å². The second-order valence-electron chi connectivity index (χ2n) is 6.71. The zero-order chi connectivity index (χ0) is 20.8. The summed E-state index contributed by atoms with van der Waals surface area (Å²) in [6.07, 6.45) is 1.80. The van der Waals surface area contributed by atoms with E-state index in [-0.39, 0.29) is 17.8 Å². The van der Waals surface area contributed by atoms with Gasteiger partial charge in [0.05, 0.1) is 11.3 Å². The first-order valence-corrected chi connectivity index (χ1v) is 10.4. The van der Waals surface area contributed by atoms with E-state index in [0.717, 1.165) is 18.4 Å². The van der Waals surface area contributed by atoms with Gasteiger partial charge in [0.2, 0.25) is 11.1 Å². The van der Waals surface area contributed by atoms with Gasteiger partial charge < -0.3 is 11.2 Å². The normalized spacial score (nSPS) is 13.1. The van der Waals surface area contributed by atoms with Crippen LogP contribution in [-0.2, 0) is 4.79 Å². The number of nitrogens with one attached hydrogen (secondary N) is 1. The molecule has 0 radical (unpaired) electrons. The summed E-state index contributed by atoms with van der Waals surface area (Å²) in [7, 11) is 0. The molecular weight excluding hydrogens is 389 g/mol. The molecule has 0 aliphatic carbocycles. The molecule has 1 heterocycles. The lowest BCUT2D eigenvalue weighted by atomic mass is 10.0. The molecule has 0 bridgehead atoms. The summed E-state index contributed by atoms with van der Waals surface area (Å²) in [4.78, 5) is 12.8. The summed E-state index contributed by atoms with van der Waals surface area (Å²) >= 11 is 1.21. The third kappa shape index (κ3) is 5.14. The van der Waals surface area contributed by atoms with Crippen LogP contribution >= 0.6 is 11.8 Å². The minimum absolute atomic E-state index is 0.0460. The maximum Gasteiger partial charge on any atom is 0.233 e. The third-order valence-electron chi connectivity index (χ3n) is 4.49. The van der Waals surface area contributed by atoms with Crippen LogP contribution < -0.4 is 11.2 Å². The number of carbonyl (C=O) groups excluding carboxylic acids is 1. The second kappa shape index (κ2) is 9.56. The smallest absolute Gasteiger partial charge is 0.233 e. The highest BCUT2D eigenvalue weighted by Crippen LogP contribution is 2.26. The van der Waals surface area contributed by atoms with Gasteiger partial charge in [-0.15, -0.1) is 10.2 Å².